The number of nitrogens with one attached hydrogen (secondary N) is 2. The van der Waals surface area contributed by atoms with Crippen LogP contribution in [-0.2, 0) is 14.4 Å². The molecule has 0 saturated heterocycles. The first-order valence-electron chi connectivity index (χ1n) is 7.06. The highest BCUT2D eigenvalue weighted by Gasteiger charge is 2.34. The number of allylic oxidation sites excluding steroid dienone is 1. The highest BCUT2D eigenvalue weighted by atomic mass is 16.2. The van der Waals surface area contributed by atoms with Gasteiger partial charge in [0, 0.05) is 31.1 Å². The molecule has 0 aromatic rings. The Hall–Kier alpha value is -1.65. The number of rotatable bonds is 4. The molecule has 1 aliphatic carbocycles. The Kier molecular flexibility index (Phi) is 5.48. The lowest BCUT2D eigenvalue weighted by atomic mass is 9.83. The van der Waals surface area contributed by atoms with E-state index in [4.69, 9.17) is 0 Å². The van der Waals surface area contributed by atoms with Crippen molar-refractivity contribution >= 4 is 17.5 Å². The monoisotopic (exact) mass is 280 g/mol. The SMILES string of the molecule is CCCNC(=O)C1CC(=O)C(=CNC(C)(C)C)C(=O)C1. The zero-order valence-electron chi connectivity index (χ0n) is 12.7. The van der Waals surface area contributed by atoms with Gasteiger partial charge >= 0.3 is 0 Å². The van der Waals surface area contributed by atoms with Crippen LogP contribution in [0, 0.1) is 5.92 Å². The molecule has 1 amide bonds. The fourth-order valence-electron chi connectivity index (χ4n) is 1.92. The maximum atomic E-state index is 12.0. The Labute approximate surface area is 120 Å². The molecule has 2 N–H and O–H groups in total. The van der Waals surface area contributed by atoms with E-state index in [0.29, 0.717) is 6.54 Å². The molecule has 0 heterocycles. The molecular weight excluding hydrogens is 256 g/mol. The number of carbonyl (C=O) groups is 3. The predicted molar refractivity (Wildman–Crippen MR) is 77.0 cm³/mol. The van der Waals surface area contributed by atoms with Crippen molar-refractivity contribution in [2.45, 2.75) is 52.5 Å². The number of hydrogen-bond donors (Lipinski definition) is 2. The van der Waals surface area contributed by atoms with E-state index in [1.54, 1.807) is 0 Å². The number of hydrogen-bond acceptors (Lipinski definition) is 4. The largest absolute Gasteiger partial charge is 0.386 e. The summed E-state index contributed by atoms with van der Waals surface area (Å²) in [5.74, 6) is -1.23. The number of Topliss-reactive ketones (excluding diaryl/α,β-unsaturated/α-hetero) is 2. The van der Waals surface area contributed by atoms with Crippen LogP contribution in [0.1, 0.15) is 47.0 Å². The number of carbonyl (C=O) groups excluding carboxylic acids is 3. The Bertz CT molecular complexity index is 413. The summed E-state index contributed by atoms with van der Waals surface area (Å²) in [5.41, 5.74) is -0.0254. The van der Waals surface area contributed by atoms with E-state index in [0.717, 1.165) is 6.42 Å². The molecule has 20 heavy (non-hydrogen) atoms. The molecule has 1 saturated carbocycles. The molecule has 0 aromatic heterocycles. The van der Waals surface area contributed by atoms with Gasteiger partial charge in [-0.3, -0.25) is 14.4 Å². The molecule has 0 spiro atoms. The minimum Gasteiger partial charge on any atom is -0.386 e. The molecule has 0 aliphatic heterocycles. The van der Waals surface area contributed by atoms with E-state index >= 15 is 0 Å². The lowest BCUT2D eigenvalue weighted by Gasteiger charge is -2.23. The van der Waals surface area contributed by atoms with Crippen LogP contribution >= 0.6 is 0 Å². The van der Waals surface area contributed by atoms with Crippen molar-refractivity contribution < 1.29 is 14.4 Å². The molecule has 1 rings (SSSR count). The van der Waals surface area contributed by atoms with Gasteiger partial charge in [-0.25, -0.2) is 0 Å². The van der Waals surface area contributed by atoms with E-state index in [1.807, 2.05) is 27.7 Å². The van der Waals surface area contributed by atoms with Gasteiger partial charge in [-0.05, 0) is 27.2 Å². The first-order valence-corrected chi connectivity index (χ1v) is 7.06. The number of ketones is 2. The first kappa shape index (κ1) is 16.4. The highest BCUT2D eigenvalue weighted by Crippen LogP contribution is 2.23. The van der Waals surface area contributed by atoms with Gasteiger partial charge in [0.2, 0.25) is 5.91 Å². The topological polar surface area (TPSA) is 75.3 Å². The molecular formula is C15H24N2O3. The van der Waals surface area contributed by atoms with Gasteiger partial charge in [-0.1, -0.05) is 6.92 Å². The van der Waals surface area contributed by atoms with Crippen LogP contribution in [0.25, 0.3) is 0 Å². The molecule has 0 aromatic carbocycles. The van der Waals surface area contributed by atoms with Crippen LogP contribution in [-0.4, -0.2) is 29.6 Å². The predicted octanol–water partition coefficient (Wildman–Crippen LogP) is 1.33. The standard InChI is InChI=1S/C15H24N2O3/c1-5-6-16-14(20)10-7-12(18)11(13(19)8-10)9-17-15(2,3)4/h9-10,17H,5-8H2,1-4H3,(H,16,20). The summed E-state index contributed by atoms with van der Waals surface area (Å²) in [6.07, 6.45) is 2.55. The van der Waals surface area contributed by atoms with Gasteiger partial charge in [0.05, 0.1) is 11.5 Å². The summed E-state index contributed by atoms with van der Waals surface area (Å²) in [6, 6.07) is 0. The molecule has 0 bridgehead atoms. The lowest BCUT2D eigenvalue weighted by Crippen LogP contribution is -2.39. The number of amides is 1. The van der Waals surface area contributed by atoms with Crippen molar-refractivity contribution in [1.29, 1.82) is 0 Å². The third kappa shape index (κ3) is 4.79. The van der Waals surface area contributed by atoms with Crippen molar-refractivity contribution in [3.8, 4) is 0 Å². The fourth-order valence-corrected chi connectivity index (χ4v) is 1.92. The second kappa shape index (κ2) is 6.68. The summed E-state index contributed by atoms with van der Waals surface area (Å²) in [7, 11) is 0. The van der Waals surface area contributed by atoms with Crippen molar-refractivity contribution in [3.63, 3.8) is 0 Å². The lowest BCUT2D eigenvalue weighted by molar-refractivity contribution is -0.134. The second-order valence-corrected chi connectivity index (χ2v) is 6.19. The van der Waals surface area contributed by atoms with Crippen LogP contribution in [0.2, 0.25) is 0 Å². The van der Waals surface area contributed by atoms with Crippen molar-refractivity contribution in [2.75, 3.05) is 6.54 Å². The van der Waals surface area contributed by atoms with Crippen molar-refractivity contribution in [1.82, 2.24) is 10.6 Å². The third-order valence-corrected chi connectivity index (χ3v) is 3.03. The van der Waals surface area contributed by atoms with Crippen LogP contribution in [0.3, 0.4) is 0 Å². The Morgan fingerprint density at radius 1 is 1.25 bits per heavy atom. The smallest absolute Gasteiger partial charge is 0.224 e. The molecule has 0 radical (unpaired) electrons. The van der Waals surface area contributed by atoms with Gasteiger partial charge in [0.15, 0.2) is 11.6 Å². The molecule has 0 atom stereocenters. The molecule has 0 unspecified atom stereocenters. The summed E-state index contributed by atoms with van der Waals surface area (Å²) in [4.78, 5) is 35.8. The summed E-state index contributed by atoms with van der Waals surface area (Å²) < 4.78 is 0. The van der Waals surface area contributed by atoms with Crippen molar-refractivity contribution in [2.24, 2.45) is 5.92 Å². The Balaban J connectivity index is 2.70. The molecule has 1 fully saturated rings. The van der Waals surface area contributed by atoms with Crippen LogP contribution in [0.4, 0.5) is 0 Å². The minimum absolute atomic E-state index is 0.110. The summed E-state index contributed by atoms with van der Waals surface area (Å²) in [5, 5.41) is 5.76. The van der Waals surface area contributed by atoms with Gasteiger partial charge in [0.25, 0.3) is 0 Å². The van der Waals surface area contributed by atoms with E-state index in [2.05, 4.69) is 10.6 Å². The maximum Gasteiger partial charge on any atom is 0.224 e. The molecule has 1 aliphatic rings. The second-order valence-electron chi connectivity index (χ2n) is 6.19. The molecule has 5 nitrogen and oxygen atoms in total. The van der Waals surface area contributed by atoms with Gasteiger partial charge in [-0.2, -0.15) is 0 Å². The van der Waals surface area contributed by atoms with E-state index in [9.17, 15) is 14.4 Å². The zero-order valence-corrected chi connectivity index (χ0v) is 12.7. The Morgan fingerprint density at radius 3 is 2.25 bits per heavy atom. The average Bonchev–Trinajstić information content (AvgIpc) is 2.33. The van der Waals surface area contributed by atoms with Crippen LogP contribution < -0.4 is 10.6 Å². The van der Waals surface area contributed by atoms with Crippen LogP contribution in [0.5, 0.6) is 0 Å². The van der Waals surface area contributed by atoms with E-state index < -0.39 is 5.92 Å². The summed E-state index contributed by atoms with van der Waals surface area (Å²) >= 11 is 0. The van der Waals surface area contributed by atoms with E-state index in [1.165, 1.54) is 6.20 Å². The summed E-state index contributed by atoms with van der Waals surface area (Å²) in [6.45, 7) is 8.37. The van der Waals surface area contributed by atoms with Gasteiger partial charge < -0.3 is 10.6 Å². The average molecular weight is 280 g/mol. The van der Waals surface area contributed by atoms with Gasteiger partial charge in [-0.15, -0.1) is 0 Å². The normalized spacial score (nSPS) is 19.8. The zero-order chi connectivity index (χ0) is 15.3. The quantitative estimate of drug-likeness (QED) is 0.602. The third-order valence-electron chi connectivity index (χ3n) is 3.03. The Morgan fingerprint density at radius 2 is 1.80 bits per heavy atom. The maximum absolute atomic E-state index is 12.0. The van der Waals surface area contributed by atoms with E-state index in [-0.39, 0.29) is 41.4 Å². The van der Waals surface area contributed by atoms with Crippen LogP contribution in [0.15, 0.2) is 11.8 Å². The molecule has 112 valence electrons. The fraction of sp³-hybridized carbons (Fsp3) is 0.667. The van der Waals surface area contributed by atoms with Gasteiger partial charge in [0.1, 0.15) is 0 Å². The van der Waals surface area contributed by atoms with Crippen molar-refractivity contribution in [3.05, 3.63) is 11.8 Å². The molecule has 5 heteroatoms. The minimum atomic E-state index is -0.520. The first-order chi connectivity index (χ1) is 9.24. The highest BCUT2D eigenvalue weighted by molar-refractivity contribution is 6.23.